The first-order chi connectivity index (χ1) is 24.9. The van der Waals surface area contributed by atoms with E-state index in [-0.39, 0.29) is 17.7 Å². The Morgan fingerprint density at radius 2 is 1.98 bits per heavy atom. The van der Waals surface area contributed by atoms with E-state index >= 15 is 0 Å². The van der Waals surface area contributed by atoms with Gasteiger partial charge in [-0.3, -0.25) is 4.99 Å². The molecule has 52 heavy (non-hydrogen) atoms. The Labute approximate surface area is 311 Å². The van der Waals surface area contributed by atoms with Crippen molar-refractivity contribution in [3.05, 3.63) is 171 Å². The molecule has 2 aromatic rings. The van der Waals surface area contributed by atoms with E-state index in [2.05, 4.69) is 48.3 Å². The van der Waals surface area contributed by atoms with Crippen LogP contribution in [0.2, 0.25) is 0 Å². The molecule has 0 fully saturated rings. The molecule has 7 nitrogen and oxygen atoms in total. The largest absolute Gasteiger partial charge is 0.468 e. The molecular formula is C44H46ClN3O4. The first-order valence-electron chi connectivity index (χ1n) is 16.9. The van der Waals surface area contributed by atoms with E-state index < -0.39 is 10.7 Å². The van der Waals surface area contributed by atoms with Crippen molar-refractivity contribution < 1.29 is 13.9 Å². The topological polar surface area (TPSA) is 96.9 Å². The molecular weight excluding hydrogens is 670 g/mol. The summed E-state index contributed by atoms with van der Waals surface area (Å²) < 4.78 is 18.0. The molecule has 1 aliphatic heterocycles. The molecule has 2 aliphatic rings. The van der Waals surface area contributed by atoms with E-state index in [1.807, 2.05) is 75.4 Å². The monoisotopic (exact) mass is 715 g/mol. The number of nitrogens with one attached hydrogen (secondary N) is 2. The fourth-order valence-corrected chi connectivity index (χ4v) is 5.77. The van der Waals surface area contributed by atoms with Gasteiger partial charge >= 0.3 is 5.63 Å². The van der Waals surface area contributed by atoms with Crippen LogP contribution in [0.3, 0.4) is 0 Å². The van der Waals surface area contributed by atoms with Crippen molar-refractivity contribution in [2.75, 3.05) is 7.05 Å². The number of nitrogens with zero attached hydrogens (tertiary/aromatic N) is 1. The molecule has 0 saturated carbocycles. The predicted molar refractivity (Wildman–Crippen MR) is 217 cm³/mol. The number of hydrogen-bond acceptors (Lipinski definition) is 6. The molecule has 0 amide bonds. The zero-order chi connectivity index (χ0) is 37.8. The second-order valence-corrected chi connectivity index (χ2v) is 13.1. The van der Waals surface area contributed by atoms with Crippen molar-refractivity contribution in [1.82, 2.24) is 5.32 Å². The third-order valence-corrected chi connectivity index (χ3v) is 8.47. The van der Waals surface area contributed by atoms with Crippen LogP contribution in [0, 0.1) is 5.41 Å². The number of ether oxygens (including phenoxy) is 2. The molecule has 2 N–H and O–H groups in total. The number of benzene rings is 1. The van der Waals surface area contributed by atoms with Crippen molar-refractivity contribution in [2.45, 2.75) is 52.0 Å². The van der Waals surface area contributed by atoms with Crippen LogP contribution in [0.4, 0.5) is 0 Å². The summed E-state index contributed by atoms with van der Waals surface area (Å²) in [7, 11) is 1.72. The van der Waals surface area contributed by atoms with Crippen LogP contribution in [-0.2, 0) is 0 Å². The van der Waals surface area contributed by atoms with Crippen LogP contribution in [0.5, 0.6) is 11.5 Å². The molecule has 0 bridgehead atoms. The van der Waals surface area contributed by atoms with Crippen LogP contribution in [0.1, 0.15) is 58.1 Å². The fraction of sp³-hybridized carbons (Fsp3) is 0.205. The van der Waals surface area contributed by atoms with Crippen molar-refractivity contribution in [3.8, 4) is 11.5 Å². The Bertz CT molecular complexity index is 2200. The number of halogens is 1. The third kappa shape index (κ3) is 10.2. The Balaban J connectivity index is 1.51. The van der Waals surface area contributed by atoms with Gasteiger partial charge in [0.1, 0.15) is 28.5 Å². The van der Waals surface area contributed by atoms with Gasteiger partial charge in [0.25, 0.3) is 0 Å². The molecule has 1 aromatic carbocycles. The molecule has 0 spiro atoms. The zero-order valence-electron chi connectivity index (χ0n) is 30.5. The maximum Gasteiger partial charge on any atom is 0.345 e. The summed E-state index contributed by atoms with van der Waals surface area (Å²) in [4.78, 5) is 17.2. The number of alkyl halides is 1. The lowest BCUT2D eigenvalue weighted by atomic mass is 10.00. The van der Waals surface area contributed by atoms with E-state index in [0.717, 1.165) is 39.6 Å². The van der Waals surface area contributed by atoms with Gasteiger partial charge in [-0.2, -0.15) is 0 Å². The number of amidine groups is 1. The summed E-state index contributed by atoms with van der Waals surface area (Å²) >= 11 is 7.03. The molecule has 0 radical (unpaired) electrons. The molecule has 8 heteroatoms. The normalized spacial score (nSPS) is 16.3. The van der Waals surface area contributed by atoms with Crippen molar-refractivity contribution in [1.29, 1.82) is 5.41 Å². The Morgan fingerprint density at radius 3 is 2.69 bits per heavy atom. The summed E-state index contributed by atoms with van der Waals surface area (Å²) in [5, 5.41) is 11.5. The maximum absolute atomic E-state index is 12.7. The Hall–Kier alpha value is -5.66. The number of hydrogen-bond donors (Lipinski definition) is 2. The molecule has 1 aliphatic carbocycles. The lowest BCUT2D eigenvalue weighted by Gasteiger charge is -2.27. The standard InChI is InChI=1S/C44H46ClN3O4/c1-9-12-14-18-32(11-3)25-30(5)48-42(47-8)37-26-34-21-22-36(28-41(34)50-31(37)6)52-44(7,45)35(17-10-2)23-29(4)24-39(46)38-27-33-19-15-13-16-20-40(33)51-43(38)49/h9-15,17,19-23,25-28,46H,1-2,6,16,18,24H2,3-5,7-8H3,(H,47,48)/b14-12-,29-23+,30-25+,32-11+,35-17-,46-39?. The predicted octanol–water partition coefficient (Wildman–Crippen LogP) is 8.90. The van der Waals surface area contributed by atoms with Gasteiger partial charge in [0.15, 0.2) is 0 Å². The van der Waals surface area contributed by atoms with Crippen LogP contribution < -0.4 is 31.1 Å². The van der Waals surface area contributed by atoms with Gasteiger partial charge in [-0.25, -0.2) is 4.79 Å². The summed E-state index contributed by atoms with van der Waals surface area (Å²) in [5.74, 6) is 2.10. The Morgan fingerprint density at radius 1 is 1.19 bits per heavy atom. The van der Waals surface area contributed by atoms with Crippen molar-refractivity contribution in [2.24, 2.45) is 4.99 Å². The number of aliphatic imine (C=N–C) groups is 1. The van der Waals surface area contributed by atoms with Crippen LogP contribution in [0.25, 0.3) is 18.2 Å². The SMILES string of the molecule is C=C/C=C\CC(=C\C)/C=C(\C)NC(=NC)C1=Cc2ccc(OC(C)(Cl)C(=C\C=C)/C=C(\C)CC(=N)c3cc4c(oc3=O)=CCC=CC=4)cc2OC1=C. The average molecular weight is 716 g/mol. The minimum absolute atomic E-state index is 0.137. The summed E-state index contributed by atoms with van der Waals surface area (Å²) in [6.45, 7) is 19.3. The first kappa shape index (κ1) is 39.1. The van der Waals surface area contributed by atoms with Crippen LogP contribution in [-0.4, -0.2) is 23.7 Å². The van der Waals surface area contributed by atoms with Gasteiger partial charge in [-0.15, -0.1) is 0 Å². The Kier molecular flexibility index (Phi) is 13.6. The third-order valence-electron chi connectivity index (χ3n) is 8.17. The van der Waals surface area contributed by atoms with Gasteiger partial charge < -0.3 is 24.6 Å². The smallest absolute Gasteiger partial charge is 0.345 e. The van der Waals surface area contributed by atoms with Crippen molar-refractivity contribution in [3.63, 3.8) is 0 Å². The first-order valence-corrected chi connectivity index (χ1v) is 17.3. The lowest BCUT2D eigenvalue weighted by molar-refractivity contribution is 0.218. The van der Waals surface area contributed by atoms with Gasteiger partial charge in [0, 0.05) is 47.3 Å². The van der Waals surface area contributed by atoms with Gasteiger partial charge in [0.05, 0.1) is 11.1 Å². The van der Waals surface area contributed by atoms with E-state index in [1.54, 1.807) is 44.3 Å². The number of allylic oxidation sites excluding steroid dienone is 12. The maximum atomic E-state index is 12.7. The van der Waals surface area contributed by atoms with E-state index in [4.69, 9.17) is 30.9 Å². The second-order valence-electron chi connectivity index (χ2n) is 12.4. The molecule has 1 unspecified atom stereocenters. The molecule has 4 rings (SSSR count). The zero-order valence-corrected chi connectivity index (χ0v) is 31.3. The number of rotatable bonds is 14. The minimum atomic E-state index is -1.32. The van der Waals surface area contributed by atoms with Crippen molar-refractivity contribution >= 4 is 41.4 Å². The highest BCUT2D eigenvalue weighted by Crippen LogP contribution is 2.37. The molecule has 268 valence electrons. The summed E-state index contributed by atoms with van der Waals surface area (Å²) in [5.41, 5.74) is 5.35. The highest BCUT2D eigenvalue weighted by molar-refractivity contribution is 6.25. The van der Waals surface area contributed by atoms with E-state index in [9.17, 15) is 4.79 Å². The van der Waals surface area contributed by atoms with E-state index in [0.29, 0.717) is 40.5 Å². The molecule has 1 atom stereocenters. The summed E-state index contributed by atoms with van der Waals surface area (Å²) in [6.07, 6.45) is 26.4. The highest BCUT2D eigenvalue weighted by Gasteiger charge is 2.28. The fourth-order valence-electron chi connectivity index (χ4n) is 5.56. The second kappa shape index (κ2) is 18.0. The molecule has 1 aromatic heterocycles. The average Bonchev–Trinajstić information content (AvgIpc) is 3.34. The van der Waals surface area contributed by atoms with Gasteiger partial charge in [-0.05, 0) is 82.5 Å². The molecule has 2 heterocycles. The van der Waals surface area contributed by atoms with Gasteiger partial charge in [-0.1, -0.05) is 97.7 Å². The lowest BCUT2D eigenvalue weighted by Crippen LogP contribution is -2.32. The number of fused-ring (bicyclic) bond motifs is 2. The van der Waals surface area contributed by atoms with Crippen LogP contribution >= 0.6 is 11.6 Å². The quantitative estimate of drug-likeness (QED) is 0.0882. The van der Waals surface area contributed by atoms with E-state index in [1.165, 1.54) is 0 Å². The van der Waals surface area contributed by atoms with Gasteiger partial charge in [0.2, 0.25) is 5.06 Å². The van der Waals surface area contributed by atoms with Crippen LogP contribution in [0.15, 0.2) is 153 Å². The summed E-state index contributed by atoms with van der Waals surface area (Å²) in [6, 6.07) is 7.18. The minimum Gasteiger partial charge on any atom is -0.468 e. The molecule has 0 saturated heterocycles. The highest BCUT2D eigenvalue weighted by atomic mass is 35.5.